The van der Waals surface area contributed by atoms with Gasteiger partial charge in [-0.15, -0.1) is 0 Å². The summed E-state index contributed by atoms with van der Waals surface area (Å²) in [5.74, 6) is -1.81. The van der Waals surface area contributed by atoms with Crippen LogP contribution >= 0.6 is 0 Å². The third-order valence-electron chi connectivity index (χ3n) is 5.43. The molecule has 0 fully saturated rings. The van der Waals surface area contributed by atoms with Crippen LogP contribution in [0.1, 0.15) is 15.9 Å². The molecular weight excluding hydrogens is 394 g/mol. The van der Waals surface area contributed by atoms with E-state index in [2.05, 4.69) is 6.07 Å². The maximum Gasteiger partial charge on any atom is 0.249 e. The monoisotopic (exact) mass is 411 g/mol. The molecule has 2 N–H and O–H groups in total. The van der Waals surface area contributed by atoms with E-state index < -0.39 is 17.5 Å². The summed E-state index contributed by atoms with van der Waals surface area (Å²) < 4.78 is 29.6. The summed E-state index contributed by atoms with van der Waals surface area (Å²) in [7, 11) is 0. The highest BCUT2D eigenvalue weighted by Gasteiger charge is 2.18. The predicted octanol–water partition coefficient (Wildman–Crippen LogP) is 5.69. The molecule has 4 aromatic carbocycles. The Hall–Kier alpha value is -3.99. The van der Waals surface area contributed by atoms with Crippen molar-refractivity contribution in [2.24, 2.45) is 5.73 Å². The Morgan fingerprint density at radius 1 is 0.871 bits per heavy atom. The summed E-state index contributed by atoms with van der Waals surface area (Å²) in [5, 5.41) is 1.42. The lowest BCUT2D eigenvalue weighted by atomic mass is 10.0. The molecule has 31 heavy (non-hydrogen) atoms. The number of amides is 1. The smallest absolute Gasteiger partial charge is 0.249 e. The van der Waals surface area contributed by atoms with Crippen LogP contribution in [-0.2, 0) is 6.54 Å². The van der Waals surface area contributed by atoms with Gasteiger partial charge >= 0.3 is 0 Å². The van der Waals surface area contributed by atoms with Gasteiger partial charge in [0.15, 0.2) is 0 Å². The molecule has 0 saturated heterocycles. The first kappa shape index (κ1) is 19.0. The Labute approximate surface area is 177 Å². The summed E-state index contributed by atoms with van der Waals surface area (Å²) in [6.07, 6.45) is 0. The van der Waals surface area contributed by atoms with Crippen LogP contribution in [0.4, 0.5) is 8.78 Å². The molecule has 5 rings (SSSR count). The van der Waals surface area contributed by atoms with Crippen LogP contribution in [0.2, 0.25) is 0 Å². The minimum atomic E-state index is -0.634. The van der Waals surface area contributed by atoms with Crippen LogP contribution in [-0.4, -0.2) is 10.5 Å². The number of aromatic nitrogens is 1. The first-order valence-electron chi connectivity index (χ1n) is 9.78. The largest absolute Gasteiger partial charge is 0.366 e. The maximum atomic E-state index is 13.8. The molecule has 0 unspecified atom stereocenters. The minimum Gasteiger partial charge on any atom is -0.366 e. The van der Waals surface area contributed by atoms with Crippen molar-refractivity contribution < 1.29 is 13.6 Å². The average molecular weight is 411 g/mol. The van der Waals surface area contributed by atoms with Crippen LogP contribution in [0, 0.1) is 17.7 Å². The van der Waals surface area contributed by atoms with Crippen molar-refractivity contribution in [1.29, 1.82) is 0 Å². The molecule has 1 radical (unpaired) electrons. The van der Waals surface area contributed by atoms with E-state index in [4.69, 9.17) is 5.73 Å². The van der Waals surface area contributed by atoms with Crippen LogP contribution in [0.15, 0.2) is 78.9 Å². The third-order valence-corrected chi connectivity index (χ3v) is 5.43. The standard InChI is InChI=1S/C26H17F2N2O/c27-19-11-16(12-20(28)14-19)15-30-23-8-4-7-22(26(29)31)25(23)21-10-9-18(13-24(21)30)17-5-2-1-3-6-17/h1-9,11-14H,15H2,(H2,29,31). The van der Waals surface area contributed by atoms with Crippen molar-refractivity contribution in [3.63, 3.8) is 0 Å². The van der Waals surface area contributed by atoms with Gasteiger partial charge < -0.3 is 10.3 Å². The van der Waals surface area contributed by atoms with Crippen molar-refractivity contribution in [1.82, 2.24) is 4.57 Å². The SMILES string of the molecule is NC(=O)c1cccc2c1c1[c]cc(-c3ccccc3)cc1n2Cc1cc(F)cc(F)c1. The van der Waals surface area contributed by atoms with Crippen LogP contribution < -0.4 is 5.73 Å². The zero-order valence-electron chi connectivity index (χ0n) is 16.4. The summed E-state index contributed by atoms with van der Waals surface area (Å²) in [6.45, 7) is 0.225. The second-order valence-corrected chi connectivity index (χ2v) is 7.44. The van der Waals surface area contributed by atoms with Crippen molar-refractivity contribution in [3.8, 4) is 11.1 Å². The van der Waals surface area contributed by atoms with E-state index >= 15 is 0 Å². The quantitative estimate of drug-likeness (QED) is 0.406. The number of rotatable bonds is 4. The van der Waals surface area contributed by atoms with Gasteiger partial charge in [0.1, 0.15) is 11.6 Å². The van der Waals surface area contributed by atoms with E-state index in [0.29, 0.717) is 16.5 Å². The molecule has 3 nitrogen and oxygen atoms in total. The second-order valence-electron chi connectivity index (χ2n) is 7.44. The van der Waals surface area contributed by atoms with Gasteiger partial charge in [-0.25, -0.2) is 8.78 Å². The van der Waals surface area contributed by atoms with Crippen molar-refractivity contribution in [3.05, 3.63) is 108 Å². The fraction of sp³-hybridized carbons (Fsp3) is 0.0385. The highest BCUT2D eigenvalue weighted by atomic mass is 19.1. The Morgan fingerprint density at radius 3 is 2.32 bits per heavy atom. The molecule has 1 heterocycles. The molecule has 151 valence electrons. The van der Waals surface area contributed by atoms with Crippen LogP contribution in [0.3, 0.4) is 0 Å². The predicted molar refractivity (Wildman–Crippen MR) is 118 cm³/mol. The molecule has 0 aliphatic carbocycles. The summed E-state index contributed by atoms with van der Waals surface area (Å²) in [6, 6.07) is 25.8. The van der Waals surface area contributed by atoms with Gasteiger partial charge in [0, 0.05) is 28.9 Å². The summed E-state index contributed by atoms with van der Waals surface area (Å²) >= 11 is 0. The van der Waals surface area contributed by atoms with E-state index in [0.717, 1.165) is 33.6 Å². The Kier molecular flexibility index (Phi) is 4.51. The number of primary amides is 1. The number of nitrogens with zero attached hydrogens (tertiary/aromatic N) is 1. The number of benzene rings is 4. The van der Waals surface area contributed by atoms with E-state index in [1.54, 1.807) is 12.1 Å². The van der Waals surface area contributed by atoms with Crippen molar-refractivity contribution in [2.75, 3.05) is 0 Å². The Morgan fingerprint density at radius 2 is 1.61 bits per heavy atom. The fourth-order valence-electron chi connectivity index (χ4n) is 4.11. The maximum absolute atomic E-state index is 13.8. The average Bonchev–Trinajstić information content (AvgIpc) is 3.06. The van der Waals surface area contributed by atoms with Gasteiger partial charge in [-0.05, 0) is 59.2 Å². The molecule has 0 aliphatic rings. The van der Waals surface area contributed by atoms with Crippen LogP contribution in [0.25, 0.3) is 32.9 Å². The molecular formula is C26H17F2N2O. The van der Waals surface area contributed by atoms with Gasteiger partial charge in [0.05, 0.1) is 11.0 Å². The number of carbonyl (C=O) groups is 1. The second kappa shape index (κ2) is 7.36. The molecule has 0 aliphatic heterocycles. The lowest BCUT2D eigenvalue weighted by Crippen LogP contribution is -2.11. The van der Waals surface area contributed by atoms with Gasteiger partial charge in [0.25, 0.3) is 0 Å². The number of nitrogens with two attached hydrogens (primary N) is 1. The summed E-state index contributed by atoms with van der Waals surface area (Å²) in [5.41, 5.74) is 10.0. The van der Waals surface area contributed by atoms with E-state index in [1.165, 1.54) is 12.1 Å². The number of hydrogen-bond donors (Lipinski definition) is 1. The molecule has 1 amide bonds. The molecule has 5 heteroatoms. The van der Waals surface area contributed by atoms with Crippen molar-refractivity contribution in [2.45, 2.75) is 6.54 Å². The molecule has 0 bridgehead atoms. The third kappa shape index (κ3) is 3.34. The summed E-state index contributed by atoms with van der Waals surface area (Å²) in [4.78, 5) is 12.1. The van der Waals surface area contributed by atoms with E-state index in [9.17, 15) is 13.6 Å². The normalized spacial score (nSPS) is 11.3. The van der Waals surface area contributed by atoms with Gasteiger partial charge in [-0.1, -0.05) is 36.4 Å². The minimum absolute atomic E-state index is 0.225. The zero-order valence-corrected chi connectivity index (χ0v) is 16.4. The fourth-order valence-corrected chi connectivity index (χ4v) is 4.11. The lowest BCUT2D eigenvalue weighted by molar-refractivity contribution is 0.100. The van der Waals surface area contributed by atoms with Crippen LogP contribution in [0.5, 0.6) is 0 Å². The topological polar surface area (TPSA) is 48.0 Å². The van der Waals surface area contributed by atoms with Gasteiger partial charge in [-0.3, -0.25) is 4.79 Å². The van der Waals surface area contributed by atoms with Gasteiger partial charge in [-0.2, -0.15) is 0 Å². The number of hydrogen-bond acceptors (Lipinski definition) is 1. The number of halogens is 2. The van der Waals surface area contributed by atoms with E-state index in [-0.39, 0.29) is 6.54 Å². The molecule has 0 spiro atoms. The van der Waals surface area contributed by atoms with Gasteiger partial charge in [0.2, 0.25) is 5.91 Å². The molecule has 0 saturated carbocycles. The van der Waals surface area contributed by atoms with E-state index in [1.807, 2.05) is 53.1 Å². The highest BCUT2D eigenvalue weighted by Crippen LogP contribution is 2.34. The first-order chi connectivity index (χ1) is 15.0. The Bertz CT molecular complexity index is 1440. The number of fused-ring (bicyclic) bond motifs is 3. The highest BCUT2D eigenvalue weighted by molar-refractivity contribution is 6.18. The first-order valence-corrected chi connectivity index (χ1v) is 9.78. The zero-order chi connectivity index (χ0) is 21.5. The van der Waals surface area contributed by atoms with Crippen molar-refractivity contribution >= 4 is 27.7 Å². The molecule has 5 aromatic rings. The number of carbonyl (C=O) groups excluding carboxylic acids is 1. The molecule has 1 aromatic heterocycles. The Balaban J connectivity index is 1.81. The lowest BCUT2D eigenvalue weighted by Gasteiger charge is -2.10. The molecule has 0 atom stereocenters.